The Morgan fingerprint density at radius 1 is 1.40 bits per heavy atom. The van der Waals surface area contributed by atoms with Crippen LogP contribution in [0.15, 0.2) is 0 Å². The van der Waals surface area contributed by atoms with Gasteiger partial charge in [0.1, 0.15) is 0 Å². The zero-order chi connectivity index (χ0) is 11.8. The van der Waals surface area contributed by atoms with E-state index in [2.05, 4.69) is 54.1 Å². The third-order valence-corrected chi connectivity index (χ3v) is 2.73. The van der Waals surface area contributed by atoms with Crippen LogP contribution in [0.2, 0.25) is 0 Å². The van der Waals surface area contributed by atoms with Crippen molar-refractivity contribution in [1.29, 1.82) is 0 Å². The summed E-state index contributed by atoms with van der Waals surface area (Å²) in [6.07, 6.45) is 1.67. The zero-order valence-corrected chi connectivity index (χ0v) is 11.8. The van der Waals surface area contributed by atoms with Gasteiger partial charge in [-0.25, -0.2) is 0 Å². The highest BCUT2D eigenvalue weighted by atomic mass is 79.9. The van der Waals surface area contributed by atoms with Crippen molar-refractivity contribution >= 4 is 21.8 Å². The summed E-state index contributed by atoms with van der Waals surface area (Å²) >= 11 is 3.25. The Kier molecular flexibility index (Phi) is 8.06. The van der Waals surface area contributed by atoms with Crippen LogP contribution in [0.1, 0.15) is 26.7 Å². The quantitative estimate of drug-likeness (QED) is 0.721. The number of amides is 1. The minimum absolute atomic E-state index is 0.127. The fourth-order valence-electron chi connectivity index (χ4n) is 1.43. The van der Waals surface area contributed by atoms with E-state index in [0.717, 1.165) is 18.3 Å². The van der Waals surface area contributed by atoms with Crippen molar-refractivity contribution < 1.29 is 4.79 Å². The Bertz CT molecular complexity index is 183. The van der Waals surface area contributed by atoms with Crippen LogP contribution in [0, 0.1) is 5.92 Å². The monoisotopic (exact) mass is 278 g/mol. The Morgan fingerprint density at radius 3 is 2.40 bits per heavy atom. The predicted molar refractivity (Wildman–Crippen MR) is 68.4 cm³/mol. The van der Waals surface area contributed by atoms with Gasteiger partial charge in [0.15, 0.2) is 0 Å². The minimum atomic E-state index is 0.127. The van der Waals surface area contributed by atoms with E-state index in [1.807, 2.05) is 0 Å². The van der Waals surface area contributed by atoms with Gasteiger partial charge in [0.05, 0.1) is 0 Å². The van der Waals surface area contributed by atoms with E-state index in [0.29, 0.717) is 18.4 Å². The fourth-order valence-corrected chi connectivity index (χ4v) is 1.79. The maximum Gasteiger partial charge on any atom is 0.220 e. The standard InChI is InChI=1S/C11H23BrN2O/c1-9(2)7-10(14(3)4)8-13-11(15)5-6-12/h9-10H,5-8H2,1-4H3,(H,13,15). The highest BCUT2D eigenvalue weighted by molar-refractivity contribution is 9.09. The van der Waals surface area contributed by atoms with Crippen LogP contribution < -0.4 is 5.32 Å². The average molecular weight is 279 g/mol. The summed E-state index contributed by atoms with van der Waals surface area (Å²) in [6, 6.07) is 0.435. The molecule has 0 bridgehead atoms. The first-order chi connectivity index (χ1) is 6.97. The maximum absolute atomic E-state index is 11.3. The molecule has 15 heavy (non-hydrogen) atoms. The molecule has 0 spiro atoms. The summed E-state index contributed by atoms with van der Waals surface area (Å²) in [4.78, 5) is 13.5. The second kappa shape index (κ2) is 8.11. The van der Waals surface area contributed by atoms with Crippen molar-refractivity contribution in [1.82, 2.24) is 10.2 Å². The molecule has 4 heteroatoms. The summed E-state index contributed by atoms with van der Waals surface area (Å²) < 4.78 is 0. The molecule has 0 rings (SSSR count). The summed E-state index contributed by atoms with van der Waals surface area (Å²) in [7, 11) is 4.12. The molecule has 1 amide bonds. The maximum atomic E-state index is 11.3. The molecule has 1 unspecified atom stereocenters. The van der Waals surface area contributed by atoms with Crippen LogP contribution in [0.5, 0.6) is 0 Å². The molecular weight excluding hydrogens is 256 g/mol. The highest BCUT2D eigenvalue weighted by Crippen LogP contribution is 2.08. The highest BCUT2D eigenvalue weighted by Gasteiger charge is 2.13. The second-order valence-electron chi connectivity index (χ2n) is 4.49. The molecule has 90 valence electrons. The molecule has 1 atom stereocenters. The molecule has 3 nitrogen and oxygen atoms in total. The van der Waals surface area contributed by atoms with Gasteiger partial charge in [-0.2, -0.15) is 0 Å². The van der Waals surface area contributed by atoms with Gasteiger partial charge in [0.2, 0.25) is 5.91 Å². The summed E-state index contributed by atoms with van der Waals surface area (Å²) in [5.41, 5.74) is 0. The van der Waals surface area contributed by atoms with Gasteiger partial charge >= 0.3 is 0 Å². The minimum Gasteiger partial charge on any atom is -0.355 e. The van der Waals surface area contributed by atoms with Crippen molar-refractivity contribution in [2.45, 2.75) is 32.7 Å². The first-order valence-corrected chi connectivity index (χ1v) is 6.58. The molecule has 0 aromatic carbocycles. The molecule has 0 aromatic rings. The van der Waals surface area contributed by atoms with Crippen molar-refractivity contribution in [2.24, 2.45) is 5.92 Å². The first kappa shape index (κ1) is 14.9. The van der Waals surface area contributed by atoms with E-state index in [4.69, 9.17) is 0 Å². The third-order valence-electron chi connectivity index (χ3n) is 2.33. The zero-order valence-electron chi connectivity index (χ0n) is 10.2. The number of alkyl halides is 1. The number of hydrogen-bond donors (Lipinski definition) is 1. The summed E-state index contributed by atoms with van der Waals surface area (Å²) in [5, 5.41) is 3.69. The topological polar surface area (TPSA) is 32.3 Å². The number of nitrogens with one attached hydrogen (secondary N) is 1. The van der Waals surface area contributed by atoms with Crippen molar-refractivity contribution in [3.05, 3.63) is 0 Å². The van der Waals surface area contributed by atoms with E-state index >= 15 is 0 Å². The molecule has 0 radical (unpaired) electrons. The number of carbonyl (C=O) groups is 1. The van der Waals surface area contributed by atoms with E-state index in [-0.39, 0.29) is 5.91 Å². The molecule has 0 saturated carbocycles. The van der Waals surface area contributed by atoms with Crippen LogP contribution in [-0.4, -0.2) is 42.8 Å². The van der Waals surface area contributed by atoms with Crippen LogP contribution >= 0.6 is 15.9 Å². The molecule has 0 heterocycles. The van der Waals surface area contributed by atoms with E-state index < -0.39 is 0 Å². The number of rotatable bonds is 7. The second-order valence-corrected chi connectivity index (χ2v) is 5.28. The molecule has 0 fully saturated rings. The van der Waals surface area contributed by atoms with Gasteiger partial charge < -0.3 is 10.2 Å². The summed E-state index contributed by atoms with van der Waals surface area (Å²) in [5.74, 6) is 0.785. The predicted octanol–water partition coefficient (Wildman–Crippen LogP) is 1.86. The third kappa shape index (κ3) is 7.79. The van der Waals surface area contributed by atoms with Crippen molar-refractivity contribution in [3.63, 3.8) is 0 Å². The number of halogens is 1. The molecule has 0 aliphatic rings. The lowest BCUT2D eigenvalue weighted by molar-refractivity contribution is -0.120. The number of carbonyl (C=O) groups excluding carboxylic acids is 1. The van der Waals surface area contributed by atoms with Crippen LogP contribution in [0.25, 0.3) is 0 Å². The Hall–Kier alpha value is -0.0900. The van der Waals surface area contributed by atoms with E-state index in [1.54, 1.807) is 0 Å². The lowest BCUT2D eigenvalue weighted by Crippen LogP contribution is -2.41. The van der Waals surface area contributed by atoms with E-state index in [9.17, 15) is 4.79 Å². The lowest BCUT2D eigenvalue weighted by atomic mass is 10.0. The normalized spacial score (nSPS) is 13.3. The molecule has 0 aliphatic carbocycles. The molecule has 0 saturated heterocycles. The van der Waals surface area contributed by atoms with Gasteiger partial charge in [0, 0.05) is 24.3 Å². The SMILES string of the molecule is CC(C)CC(CNC(=O)CCBr)N(C)C. The van der Waals surface area contributed by atoms with Crippen LogP contribution in [0.3, 0.4) is 0 Å². The fraction of sp³-hybridized carbons (Fsp3) is 0.909. The van der Waals surface area contributed by atoms with Gasteiger partial charge in [-0.3, -0.25) is 4.79 Å². The smallest absolute Gasteiger partial charge is 0.220 e. The summed E-state index contributed by atoms with van der Waals surface area (Å²) in [6.45, 7) is 5.16. The molecular formula is C11H23BrN2O. The average Bonchev–Trinajstić information content (AvgIpc) is 2.11. The molecule has 1 N–H and O–H groups in total. The Morgan fingerprint density at radius 2 is 2.00 bits per heavy atom. The molecule has 0 aromatic heterocycles. The molecule has 0 aliphatic heterocycles. The van der Waals surface area contributed by atoms with Gasteiger partial charge in [0.25, 0.3) is 0 Å². The van der Waals surface area contributed by atoms with Crippen molar-refractivity contribution in [3.8, 4) is 0 Å². The Labute approximate surface area is 102 Å². The van der Waals surface area contributed by atoms with E-state index in [1.165, 1.54) is 0 Å². The van der Waals surface area contributed by atoms with Gasteiger partial charge in [-0.15, -0.1) is 0 Å². The largest absolute Gasteiger partial charge is 0.355 e. The number of hydrogen-bond acceptors (Lipinski definition) is 2. The van der Waals surface area contributed by atoms with Gasteiger partial charge in [-0.1, -0.05) is 29.8 Å². The lowest BCUT2D eigenvalue weighted by Gasteiger charge is -2.26. The Balaban J connectivity index is 3.90. The van der Waals surface area contributed by atoms with Crippen molar-refractivity contribution in [2.75, 3.05) is 26.0 Å². The number of likely N-dealkylation sites (N-methyl/N-ethyl adjacent to an activating group) is 1. The van der Waals surface area contributed by atoms with Crippen LogP contribution in [0.4, 0.5) is 0 Å². The van der Waals surface area contributed by atoms with Crippen LogP contribution in [-0.2, 0) is 4.79 Å². The first-order valence-electron chi connectivity index (χ1n) is 5.46. The number of nitrogens with zero attached hydrogens (tertiary/aromatic N) is 1. The van der Waals surface area contributed by atoms with Gasteiger partial charge in [-0.05, 0) is 26.4 Å².